The number of ketones is 1. The molecule has 6 nitrogen and oxygen atoms in total. The van der Waals surface area contributed by atoms with Crippen molar-refractivity contribution in [2.75, 3.05) is 6.61 Å². The van der Waals surface area contributed by atoms with E-state index in [2.05, 4.69) is 33.4 Å². The first-order chi connectivity index (χ1) is 16.4. The summed E-state index contributed by atoms with van der Waals surface area (Å²) in [6.45, 7) is 0.624. The normalized spacial score (nSPS) is 17.8. The van der Waals surface area contributed by atoms with Crippen LogP contribution >= 0.6 is 15.9 Å². The lowest BCUT2D eigenvalue weighted by Crippen LogP contribution is -2.47. The van der Waals surface area contributed by atoms with E-state index in [1.165, 1.54) is 5.56 Å². The van der Waals surface area contributed by atoms with E-state index < -0.39 is 5.54 Å². The van der Waals surface area contributed by atoms with Crippen molar-refractivity contribution in [1.29, 1.82) is 0 Å². The van der Waals surface area contributed by atoms with Gasteiger partial charge in [0.15, 0.2) is 11.7 Å². The topological polar surface area (TPSA) is 80.6 Å². The van der Waals surface area contributed by atoms with Gasteiger partial charge in [0.2, 0.25) is 5.91 Å². The van der Waals surface area contributed by atoms with Gasteiger partial charge in [-0.2, -0.15) is 0 Å². The third-order valence-electron chi connectivity index (χ3n) is 6.23. The Labute approximate surface area is 205 Å². The molecule has 5 rings (SSSR count). The molecule has 3 aromatic carbocycles. The molecular weight excluding hydrogens is 496 g/mol. The Bertz CT molecular complexity index is 1360. The summed E-state index contributed by atoms with van der Waals surface area (Å²) >= 11 is 3.41. The zero-order chi connectivity index (χ0) is 23.7. The molecule has 172 valence electrons. The fraction of sp³-hybridized carbons (Fsp3) is 0.185. The lowest BCUT2D eigenvalue weighted by molar-refractivity contribution is -0.123. The quantitative estimate of drug-likeness (QED) is 0.347. The van der Waals surface area contributed by atoms with Crippen molar-refractivity contribution in [3.63, 3.8) is 0 Å². The van der Waals surface area contributed by atoms with Crippen LogP contribution < -0.4 is 10.1 Å². The Morgan fingerprint density at radius 3 is 2.50 bits per heavy atom. The molecule has 4 aromatic rings. The zero-order valence-corrected chi connectivity index (χ0v) is 19.9. The number of benzene rings is 3. The number of aromatic nitrogens is 1. The fourth-order valence-corrected chi connectivity index (χ4v) is 4.73. The van der Waals surface area contributed by atoms with E-state index >= 15 is 0 Å². The van der Waals surface area contributed by atoms with Gasteiger partial charge in [-0.1, -0.05) is 58.4 Å². The second-order valence-corrected chi connectivity index (χ2v) is 9.39. The number of nitrogens with zero attached hydrogens (tertiary/aromatic N) is 1. The number of halogens is 1. The lowest BCUT2D eigenvalue weighted by atomic mass is 9.87. The van der Waals surface area contributed by atoms with E-state index in [9.17, 15) is 14.7 Å². The Morgan fingerprint density at radius 1 is 1.03 bits per heavy atom. The summed E-state index contributed by atoms with van der Waals surface area (Å²) in [4.78, 5) is 25.2. The highest BCUT2D eigenvalue weighted by atomic mass is 79.9. The fourth-order valence-electron chi connectivity index (χ4n) is 4.47. The SMILES string of the molecule is O=C1CC(=O)[C@](Cn2cc3cc(OCCc4ccccc4)ccc3c2O)(c2ccc(Br)cc2)N1. The summed E-state index contributed by atoms with van der Waals surface area (Å²) in [6.07, 6.45) is 2.40. The summed E-state index contributed by atoms with van der Waals surface area (Å²) < 4.78 is 8.41. The smallest absolute Gasteiger partial charge is 0.228 e. The van der Waals surface area contributed by atoms with Crippen molar-refractivity contribution in [3.05, 3.63) is 94.6 Å². The second kappa shape index (κ2) is 8.99. The van der Waals surface area contributed by atoms with Crippen LogP contribution in [0.3, 0.4) is 0 Å². The van der Waals surface area contributed by atoms with E-state index in [4.69, 9.17) is 4.74 Å². The van der Waals surface area contributed by atoms with Gasteiger partial charge >= 0.3 is 0 Å². The molecule has 1 saturated heterocycles. The molecule has 1 fully saturated rings. The average Bonchev–Trinajstić information content (AvgIpc) is 3.30. The first kappa shape index (κ1) is 22.2. The number of Topliss-reactive ketones (excluding diaryl/α,β-unsaturated/α-hetero) is 1. The summed E-state index contributed by atoms with van der Waals surface area (Å²) in [5, 5.41) is 15.2. The molecule has 0 saturated carbocycles. The van der Waals surface area contributed by atoms with E-state index in [-0.39, 0.29) is 30.5 Å². The van der Waals surface area contributed by atoms with Crippen molar-refractivity contribution >= 4 is 38.4 Å². The predicted octanol–water partition coefficient (Wildman–Crippen LogP) is 4.72. The van der Waals surface area contributed by atoms with Gasteiger partial charge in [-0.05, 0) is 41.5 Å². The van der Waals surface area contributed by atoms with Crippen molar-refractivity contribution in [2.24, 2.45) is 0 Å². The highest BCUT2D eigenvalue weighted by molar-refractivity contribution is 9.10. The van der Waals surface area contributed by atoms with Gasteiger partial charge in [0.25, 0.3) is 0 Å². The van der Waals surface area contributed by atoms with Gasteiger partial charge < -0.3 is 19.7 Å². The first-order valence-corrected chi connectivity index (χ1v) is 11.8. The van der Waals surface area contributed by atoms with Crippen LogP contribution in [-0.2, 0) is 28.1 Å². The Morgan fingerprint density at radius 2 is 1.79 bits per heavy atom. The van der Waals surface area contributed by atoms with E-state index in [1.54, 1.807) is 16.8 Å². The number of fused-ring (bicyclic) bond motifs is 1. The molecule has 1 amide bonds. The minimum Gasteiger partial charge on any atom is -0.494 e. The molecule has 0 aliphatic carbocycles. The molecule has 7 heteroatoms. The lowest BCUT2D eigenvalue weighted by Gasteiger charge is -2.29. The van der Waals surface area contributed by atoms with E-state index in [1.807, 2.05) is 54.6 Å². The second-order valence-electron chi connectivity index (χ2n) is 8.47. The van der Waals surface area contributed by atoms with Crippen LogP contribution in [0.1, 0.15) is 17.5 Å². The molecule has 34 heavy (non-hydrogen) atoms. The van der Waals surface area contributed by atoms with Gasteiger partial charge in [-0.15, -0.1) is 0 Å². The van der Waals surface area contributed by atoms with Crippen molar-refractivity contribution in [1.82, 2.24) is 9.88 Å². The average molecular weight is 519 g/mol. The van der Waals surface area contributed by atoms with Gasteiger partial charge in [0, 0.05) is 27.9 Å². The zero-order valence-electron chi connectivity index (χ0n) is 18.3. The van der Waals surface area contributed by atoms with Crippen LogP contribution in [0.15, 0.2) is 83.5 Å². The van der Waals surface area contributed by atoms with Crippen molar-refractivity contribution < 1.29 is 19.4 Å². The molecule has 0 radical (unpaired) electrons. The first-order valence-electron chi connectivity index (χ1n) is 11.0. The van der Waals surface area contributed by atoms with Gasteiger partial charge in [-0.25, -0.2) is 0 Å². The molecule has 1 aromatic heterocycles. The molecule has 1 atom stereocenters. The minimum atomic E-state index is -1.24. The summed E-state index contributed by atoms with van der Waals surface area (Å²) in [7, 11) is 0. The summed E-state index contributed by atoms with van der Waals surface area (Å²) in [6, 6.07) is 22.9. The maximum absolute atomic E-state index is 13.0. The number of hydrogen-bond acceptors (Lipinski definition) is 4. The highest BCUT2D eigenvalue weighted by Crippen LogP contribution is 2.36. The van der Waals surface area contributed by atoms with Crippen LogP contribution in [0.25, 0.3) is 10.8 Å². The molecule has 1 aliphatic rings. The maximum Gasteiger partial charge on any atom is 0.228 e. The number of nitrogens with one attached hydrogen (secondary N) is 1. The van der Waals surface area contributed by atoms with E-state index in [0.717, 1.165) is 16.3 Å². The van der Waals surface area contributed by atoms with Crippen LogP contribution in [0.2, 0.25) is 0 Å². The molecule has 1 aliphatic heterocycles. The largest absolute Gasteiger partial charge is 0.494 e. The van der Waals surface area contributed by atoms with E-state index in [0.29, 0.717) is 23.3 Å². The van der Waals surface area contributed by atoms with Gasteiger partial charge in [0.1, 0.15) is 11.3 Å². The molecule has 0 unspecified atom stereocenters. The monoisotopic (exact) mass is 518 g/mol. The summed E-state index contributed by atoms with van der Waals surface area (Å²) in [5.41, 5.74) is 0.641. The van der Waals surface area contributed by atoms with Crippen LogP contribution in [0.5, 0.6) is 11.6 Å². The van der Waals surface area contributed by atoms with Crippen LogP contribution in [0, 0.1) is 0 Å². The molecular formula is C27H23BrN2O4. The summed E-state index contributed by atoms with van der Waals surface area (Å²) in [5.74, 6) is 0.199. The van der Waals surface area contributed by atoms with Crippen LogP contribution in [0.4, 0.5) is 0 Å². The Balaban J connectivity index is 1.41. The Kier molecular flexibility index (Phi) is 5.87. The number of ether oxygens (including phenoxy) is 1. The highest BCUT2D eigenvalue weighted by Gasteiger charge is 2.48. The number of aromatic hydroxyl groups is 1. The Hall–Kier alpha value is -3.58. The third kappa shape index (κ3) is 4.19. The molecule has 0 bridgehead atoms. The molecule has 0 spiro atoms. The minimum absolute atomic E-state index is 0.0382. The number of hydrogen-bond donors (Lipinski definition) is 2. The van der Waals surface area contributed by atoms with Crippen molar-refractivity contribution in [3.8, 4) is 11.6 Å². The van der Waals surface area contributed by atoms with Gasteiger partial charge in [-0.3, -0.25) is 9.59 Å². The number of carbonyl (C=O) groups is 2. The van der Waals surface area contributed by atoms with Crippen molar-refractivity contribution in [2.45, 2.75) is 24.9 Å². The standard InChI is InChI=1S/C27H23BrN2O4/c28-21-8-6-20(7-9-21)27(24(31)15-25(32)29-27)17-30-16-19-14-22(10-11-23(19)26(30)33)34-13-12-18-4-2-1-3-5-18/h1-11,14,16,33H,12-13,15,17H2,(H,29,32)/t27-/m0/s1. The maximum atomic E-state index is 13.0. The van der Waals surface area contributed by atoms with Gasteiger partial charge in [0.05, 0.1) is 19.6 Å². The number of carbonyl (C=O) groups excluding carboxylic acids is 2. The van der Waals surface area contributed by atoms with Crippen LogP contribution in [-0.4, -0.2) is 28.0 Å². The predicted molar refractivity (Wildman–Crippen MR) is 133 cm³/mol. The third-order valence-corrected chi connectivity index (χ3v) is 6.76. The number of rotatable bonds is 7. The molecule has 2 N–H and O–H groups in total. The molecule has 2 heterocycles. The number of amides is 1.